The molecule has 0 radical (unpaired) electrons. The summed E-state index contributed by atoms with van der Waals surface area (Å²) < 4.78 is 5.38. The Morgan fingerprint density at radius 1 is 1.04 bits per heavy atom. The minimum absolute atomic E-state index is 0.289. The number of aryl methyl sites for hydroxylation is 1. The Bertz CT molecular complexity index is 794. The van der Waals surface area contributed by atoms with E-state index in [1.807, 2.05) is 38.1 Å². The maximum absolute atomic E-state index is 12.6. The van der Waals surface area contributed by atoms with Crippen LogP contribution in [0.15, 0.2) is 53.4 Å². The van der Waals surface area contributed by atoms with Crippen LogP contribution < -0.4 is 9.64 Å². The molecular formula is C19H17NO3S. The lowest BCUT2D eigenvalue weighted by Crippen LogP contribution is -2.27. The summed E-state index contributed by atoms with van der Waals surface area (Å²) in [6.45, 7) is 4.48. The zero-order valence-electron chi connectivity index (χ0n) is 13.5. The van der Waals surface area contributed by atoms with Gasteiger partial charge in [0.15, 0.2) is 0 Å². The summed E-state index contributed by atoms with van der Waals surface area (Å²) in [6.07, 6.45) is 1.75. The number of ether oxygens (including phenoxy) is 1. The van der Waals surface area contributed by atoms with Crippen molar-refractivity contribution in [1.82, 2.24) is 0 Å². The summed E-state index contributed by atoms with van der Waals surface area (Å²) in [5, 5.41) is -0.289. The van der Waals surface area contributed by atoms with Crippen LogP contribution in [0.1, 0.15) is 18.1 Å². The molecule has 1 saturated heterocycles. The fraction of sp³-hybridized carbons (Fsp3) is 0.158. The molecule has 2 aromatic rings. The highest BCUT2D eigenvalue weighted by Gasteiger charge is 2.36. The van der Waals surface area contributed by atoms with E-state index in [1.54, 1.807) is 30.3 Å². The first-order chi connectivity index (χ1) is 11.6. The van der Waals surface area contributed by atoms with Gasteiger partial charge in [-0.15, -0.1) is 0 Å². The fourth-order valence-electron chi connectivity index (χ4n) is 2.36. The van der Waals surface area contributed by atoms with E-state index in [4.69, 9.17) is 4.74 Å². The smallest absolute Gasteiger partial charge is 0.298 e. The summed E-state index contributed by atoms with van der Waals surface area (Å²) in [4.78, 5) is 26.5. The Balaban J connectivity index is 1.84. The lowest BCUT2D eigenvalue weighted by Gasteiger charge is -2.13. The molecule has 122 valence electrons. The van der Waals surface area contributed by atoms with Crippen LogP contribution in [0.2, 0.25) is 0 Å². The number of carbonyl (C=O) groups is 2. The molecule has 1 heterocycles. The van der Waals surface area contributed by atoms with E-state index in [0.717, 1.165) is 22.9 Å². The molecule has 0 spiro atoms. The first-order valence-electron chi connectivity index (χ1n) is 7.66. The molecule has 3 rings (SSSR count). The number of carbonyl (C=O) groups excluding carboxylic acids is 2. The van der Waals surface area contributed by atoms with Gasteiger partial charge in [-0.1, -0.05) is 29.8 Å². The van der Waals surface area contributed by atoms with Gasteiger partial charge < -0.3 is 4.74 Å². The second-order valence-corrected chi connectivity index (χ2v) is 6.35. The van der Waals surface area contributed by atoms with Gasteiger partial charge in [0, 0.05) is 0 Å². The Morgan fingerprint density at radius 3 is 2.33 bits per heavy atom. The number of imide groups is 1. The van der Waals surface area contributed by atoms with Crippen LogP contribution in [0.25, 0.3) is 6.08 Å². The lowest BCUT2D eigenvalue weighted by molar-refractivity contribution is -0.113. The molecule has 1 fully saturated rings. The highest BCUT2D eigenvalue weighted by atomic mass is 32.2. The maximum atomic E-state index is 12.6. The molecule has 0 saturated carbocycles. The van der Waals surface area contributed by atoms with Crippen molar-refractivity contribution in [2.24, 2.45) is 0 Å². The second kappa shape index (κ2) is 6.93. The predicted molar refractivity (Wildman–Crippen MR) is 97.2 cm³/mol. The topological polar surface area (TPSA) is 46.6 Å². The number of benzene rings is 2. The van der Waals surface area contributed by atoms with Crippen molar-refractivity contribution in [3.63, 3.8) is 0 Å². The molecule has 1 aliphatic heterocycles. The summed E-state index contributed by atoms with van der Waals surface area (Å²) in [5.74, 6) is 0.415. The number of thioether (sulfide) groups is 1. The number of hydrogen-bond acceptors (Lipinski definition) is 4. The summed E-state index contributed by atoms with van der Waals surface area (Å²) in [6, 6.07) is 14.8. The van der Waals surface area contributed by atoms with Gasteiger partial charge in [-0.2, -0.15) is 0 Å². The van der Waals surface area contributed by atoms with Crippen LogP contribution in [0.4, 0.5) is 10.5 Å². The standard InChI is InChI=1S/C19H17NO3S/c1-3-23-16-10-8-15(9-11-16)20-18(21)17(24-19(20)22)12-14-6-4-13(2)5-7-14/h4-12H,3H2,1-2H3/b17-12-. The molecule has 5 heteroatoms. The third kappa shape index (κ3) is 3.36. The fourth-order valence-corrected chi connectivity index (χ4v) is 3.20. The van der Waals surface area contributed by atoms with Crippen molar-refractivity contribution < 1.29 is 14.3 Å². The van der Waals surface area contributed by atoms with Crippen LogP contribution >= 0.6 is 11.8 Å². The predicted octanol–water partition coefficient (Wildman–Crippen LogP) is 4.63. The van der Waals surface area contributed by atoms with Crippen LogP contribution in [-0.2, 0) is 4.79 Å². The maximum Gasteiger partial charge on any atom is 0.298 e. The Kier molecular flexibility index (Phi) is 4.71. The number of amides is 2. The number of anilines is 1. The molecule has 0 atom stereocenters. The monoisotopic (exact) mass is 339 g/mol. The van der Waals surface area contributed by atoms with E-state index in [-0.39, 0.29) is 11.1 Å². The highest BCUT2D eigenvalue weighted by molar-refractivity contribution is 8.19. The molecule has 1 aliphatic rings. The Hall–Kier alpha value is -2.53. The average molecular weight is 339 g/mol. The average Bonchev–Trinajstić information content (AvgIpc) is 2.85. The van der Waals surface area contributed by atoms with Crippen molar-refractivity contribution in [2.45, 2.75) is 13.8 Å². The van der Waals surface area contributed by atoms with Crippen LogP contribution in [0, 0.1) is 6.92 Å². The van der Waals surface area contributed by atoms with Crippen molar-refractivity contribution in [3.8, 4) is 5.75 Å². The van der Waals surface area contributed by atoms with E-state index in [0.29, 0.717) is 22.9 Å². The molecule has 2 aromatic carbocycles. The van der Waals surface area contributed by atoms with E-state index in [9.17, 15) is 9.59 Å². The quantitative estimate of drug-likeness (QED) is 0.762. The third-order valence-corrected chi connectivity index (χ3v) is 4.44. The number of hydrogen-bond donors (Lipinski definition) is 0. The molecular weight excluding hydrogens is 322 g/mol. The first kappa shape index (κ1) is 16.3. The normalized spacial score (nSPS) is 16.1. The zero-order chi connectivity index (χ0) is 17.1. The first-order valence-corrected chi connectivity index (χ1v) is 8.47. The van der Waals surface area contributed by atoms with Gasteiger partial charge in [0.05, 0.1) is 17.2 Å². The van der Waals surface area contributed by atoms with Gasteiger partial charge in [-0.25, -0.2) is 4.90 Å². The van der Waals surface area contributed by atoms with E-state index in [2.05, 4.69) is 0 Å². The number of nitrogens with zero attached hydrogens (tertiary/aromatic N) is 1. The summed E-state index contributed by atoms with van der Waals surface area (Å²) in [5.41, 5.74) is 2.60. The van der Waals surface area contributed by atoms with Gasteiger partial charge in [-0.3, -0.25) is 9.59 Å². The summed E-state index contributed by atoms with van der Waals surface area (Å²) >= 11 is 0.957. The zero-order valence-corrected chi connectivity index (χ0v) is 14.3. The molecule has 0 bridgehead atoms. The largest absolute Gasteiger partial charge is 0.494 e. The number of rotatable bonds is 4. The van der Waals surface area contributed by atoms with Gasteiger partial charge >= 0.3 is 0 Å². The molecule has 0 unspecified atom stereocenters. The Morgan fingerprint density at radius 2 is 1.71 bits per heavy atom. The van der Waals surface area contributed by atoms with Gasteiger partial charge in [-0.05, 0) is 61.5 Å². The molecule has 0 aliphatic carbocycles. The van der Waals surface area contributed by atoms with Gasteiger partial charge in [0.25, 0.3) is 11.1 Å². The third-order valence-electron chi connectivity index (χ3n) is 3.57. The van der Waals surface area contributed by atoms with Crippen LogP contribution in [-0.4, -0.2) is 17.8 Å². The molecule has 0 aromatic heterocycles. The van der Waals surface area contributed by atoms with Crippen molar-refractivity contribution >= 4 is 34.7 Å². The van der Waals surface area contributed by atoms with E-state index in [1.165, 1.54) is 4.90 Å². The molecule has 4 nitrogen and oxygen atoms in total. The molecule has 0 N–H and O–H groups in total. The minimum Gasteiger partial charge on any atom is -0.494 e. The van der Waals surface area contributed by atoms with E-state index >= 15 is 0 Å². The second-order valence-electron chi connectivity index (χ2n) is 5.35. The summed E-state index contributed by atoms with van der Waals surface area (Å²) in [7, 11) is 0. The molecule has 2 amide bonds. The lowest BCUT2D eigenvalue weighted by atomic mass is 10.1. The van der Waals surface area contributed by atoms with Crippen LogP contribution in [0.5, 0.6) is 5.75 Å². The molecule has 24 heavy (non-hydrogen) atoms. The van der Waals surface area contributed by atoms with Gasteiger partial charge in [0.1, 0.15) is 5.75 Å². The van der Waals surface area contributed by atoms with Gasteiger partial charge in [0.2, 0.25) is 0 Å². The highest BCUT2D eigenvalue weighted by Crippen LogP contribution is 2.36. The van der Waals surface area contributed by atoms with Crippen molar-refractivity contribution in [1.29, 1.82) is 0 Å². The van der Waals surface area contributed by atoms with Crippen LogP contribution in [0.3, 0.4) is 0 Å². The van der Waals surface area contributed by atoms with Crippen molar-refractivity contribution in [3.05, 3.63) is 64.6 Å². The van der Waals surface area contributed by atoms with E-state index < -0.39 is 0 Å². The minimum atomic E-state index is -0.297. The SMILES string of the molecule is CCOc1ccc(N2C(=O)S/C(=C\c3ccc(C)cc3)C2=O)cc1. The van der Waals surface area contributed by atoms with Crippen molar-refractivity contribution in [2.75, 3.05) is 11.5 Å². The Labute approximate surface area is 145 Å².